The predicted octanol–water partition coefficient (Wildman–Crippen LogP) is 3.10. The fourth-order valence-corrected chi connectivity index (χ4v) is 4.35. The topological polar surface area (TPSA) is 102 Å². The zero-order valence-electron chi connectivity index (χ0n) is 18.1. The number of nitrogens with one attached hydrogen (secondary N) is 2. The van der Waals surface area contributed by atoms with E-state index in [1.807, 2.05) is 42.2 Å². The third kappa shape index (κ3) is 4.65. The Balaban J connectivity index is 1.39. The molecule has 0 aliphatic carbocycles. The second-order valence-electron chi connectivity index (χ2n) is 8.48. The van der Waals surface area contributed by atoms with Gasteiger partial charge in [-0.1, -0.05) is 18.2 Å². The van der Waals surface area contributed by atoms with Crippen LogP contribution in [0.15, 0.2) is 42.5 Å². The van der Waals surface area contributed by atoms with Crippen LogP contribution in [-0.4, -0.2) is 41.8 Å². The molecule has 0 aromatic heterocycles. The maximum Gasteiger partial charge on any atom is 0.253 e. The van der Waals surface area contributed by atoms with Crippen LogP contribution in [0.1, 0.15) is 58.6 Å². The van der Waals surface area contributed by atoms with Crippen molar-refractivity contribution in [2.45, 2.75) is 44.6 Å². The number of nitriles is 1. The first-order chi connectivity index (χ1) is 15.4. The van der Waals surface area contributed by atoms with Crippen LogP contribution >= 0.6 is 0 Å². The third-order valence-corrected chi connectivity index (χ3v) is 6.35. The minimum atomic E-state index is -0.525. The smallest absolute Gasteiger partial charge is 0.253 e. The third-order valence-electron chi connectivity index (χ3n) is 6.35. The van der Waals surface area contributed by atoms with Crippen LogP contribution in [-0.2, 0) is 9.59 Å². The van der Waals surface area contributed by atoms with Crippen LogP contribution in [0, 0.1) is 18.3 Å². The van der Waals surface area contributed by atoms with E-state index in [1.54, 1.807) is 12.1 Å². The van der Waals surface area contributed by atoms with Crippen LogP contribution < -0.4 is 10.6 Å². The van der Waals surface area contributed by atoms with E-state index >= 15 is 0 Å². The number of hydrogen-bond acceptors (Lipinski definition) is 4. The molecule has 2 N–H and O–H groups in total. The van der Waals surface area contributed by atoms with Gasteiger partial charge in [-0.2, -0.15) is 5.26 Å². The number of piperidine rings is 1. The minimum Gasteiger partial charge on any atom is -0.344 e. The van der Waals surface area contributed by atoms with Crippen molar-refractivity contribution < 1.29 is 14.4 Å². The number of carbonyl (C=O) groups excluding carboxylic acids is 3. The molecule has 0 radical (unpaired) electrons. The van der Waals surface area contributed by atoms with Gasteiger partial charge in [0.15, 0.2) is 0 Å². The van der Waals surface area contributed by atoms with Crippen molar-refractivity contribution in [3.63, 3.8) is 0 Å². The Hall–Kier alpha value is -3.66. The Kier molecular flexibility index (Phi) is 6.22. The van der Waals surface area contributed by atoms with E-state index < -0.39 is 6.04 Å². The second kappa shape index (κ2) is 9.23. The molecule has 3 amide bonds. The zero-order chi connectivity index (χ0) is 22.7. The standard InChI is InChI=1S/C25H26N4O3/c1-16-2-5-20(14-22(16)28-24(31)21-8-9-23(30)27-21)25(32)29-12-10-19(11-13-29)18-6-3-17(15-26)4-7-18/h2-7,14,19,21H,8-13H2,1H3,(H,27,30)(H,28,31). The van der Waals surface area contributed by atoms with Crippen molar-refractivity contribution in [1.29, 1.82) is 5.26 Å². The molecule has 2 aromatic rings. The summed E-state index contributed by atoms with van der Waals surface area (Å²) in [5.41, 5.74) is 3.85. The average molecular weight is 431 g/mol. The van der Waals surface area contributed by atoms with Gasteiger partial charge >= 0.3 is 0 Å². The van der Waals surface area contributed by atoms with E-state index in [0.717, 1.165) is 18.4 Å². The molecule has 2 aliphatic heterocycles. The minimum absolute atomic E-state index is 0.0482. The van der Waals surface area contributed by atoms with Gasteiger partial charge in [-0.05, 0) is 67.5 Å². The summed E-state index contributed by atoms with van der Waals surface area (Å²) >= 11 is 0. The van der Waals surface area contributed by atoms with Gasteiger partial charge in [-0.15, -0.1) is 0 Å². The first-order valence-electron chi connectivity index (χ1n) is 10.9. The van der Waals surface area contributed by atoms with Crippen LogP contribution in [0.5, 0.6) is 0 Å². The van der Waals surface area contributed by atoms with Crippen LogP contribution in [0.4, 0.5) is 5.69 Å². The first-order valence-corrected chi connectivity index (χ1v) is 10.9. The molecule has 2 aliphatic rings. The summed E-state index contributed by atoms with van der Waals surface area (Å²) in [5, 5.41) is 14.5. The number of rotatable bonds is 4. The number of nitrogens with zero attached hydrogens (tertiary/aromatic N) is 2. The SMILES string of the molecule is Cc1ccc(C(=O)N2CCC(c3ccc(C#N)cc3)CC2)cc1NC(=O)C1CCC(=O)N1. The molecule has 2 heterocycles. The molecule has 4 rings (SSSR count). The van der Waals surface area contributed by atoms with Crippen molar-refractivity contribution in [2.75, 3.05) is 18.4 Å². The molecule has 0 saturated carbocycles. The molecule has 1 unspecified atom stereocenters. The Morgan fingerprint density at radius 1 is 1.09 bits per heavy atom. The molecule has 164 valence electrons. The Morgan fingerprint density at radius 3 is 2.44 bits per heavy atom. The summed E-state index contributed by atoms with van der Waals surface area (Å²) < 4.78 is 0. The van der Waals surface area contributed by atoms with E-state index in [4.69, 9.17) is 5.26 Å². The summed E-state index contributed by atoms with van der Waals surface area (Å²) in [5.74, 6) is -0.0452. The highest BCUT2D eigenvalue weighted by molar-refractivity contribution is 6.01. The molecule has 7 nitrogen and oxygen atoms in total. The van der Waals surface area contributed by atoms with Crippen molar-refractivity contribution in [3.05, 3.63) is 64.7 Å². The molecule has 7 heteroatoms. The summed E-state index contributed by atoms with van der Waals surface area (Å²) in [6, 6.07) is 14.6. The molecule has 0 spiro atoms. The largest absolute Gasteiger partial charge is 0.344 e. The number of carbonyl (C=O) groups is 3. The second-order valence-corrected chi connectivity index (χ2v) is 8.48. The summed E-state index contributed by atoms with van der Waals surface area (Å²) in [7, 11) is 0. The number of amides is 3. The number of benzene rings is 2. The molecular formula is C25H26N4O3. The van der Waals surface area contributed by atoms with Gasteiger partial charge in [0.2, 0.25) is 11.8 Å². The number of aryl methyl sites for hydroxylation is 1. The van der Waals surface area contributed by atoms with Crippen molar-refractivity contribution in [1.82, 2.24) is 10.2 Å². The van der Waals surface area contributed by atoms with Gasteiger partial charge < -0.3 is 15.5 Å². The van der Waals surface area contributed by atoms with Gasteiger partial charge in [-0.3, -0.25) is 14.4 Å². The first kappa shape index (κ1) is 21.6. The lowest BCUT2D eigenvalue weighted by atomic mass is 9.89. The van der Waals surface area contributed by atoms with Crippen LogP contribution in [0.25, 0.3) is 0 Å². The lowest BCUT2D eigenvalue weighted by molar-refractivity contribution is -0.122. The Bertz CT molecular complexity index is 1080. The van der Waals surface area contributed by atoms with Crippen LogP contribution in [0.2, 0.25) is 0 Å². The van der Waals surface area contributed by atoms with Gasteiger partial charge in [0.25, 0.3) is 5.91 Å². The summed E-state index contributed by atoms with van der Waals surface area (Å²) in [4.78, 5) is 38.8. The van der Waals surface area contributed by atoms with Gasteiger partial charge in [0, 0.05) is 30.8 Å². The van der Waals surface area contributed by atoms with Gasteiger partial charge in [0.1, 0.15) is 6.04 Å². The van der Waals surface area contributed by atoms with Gasteiger partial charge in [-0.25, -0.2) is 0 Å². The molecule has 2 saturated heterocycles. The van der Waals surface area contributed by atoms with E-state index in [1.165, 1.54) is 5.56 Å². The van der Waals surface area contributed by atoms with Crippen molar-refractivity contribution in [3.8, 4) is 6.07 Å². The van der Waals surface area contributed by atoms with E-state index in [-0.39, 0.29) is 17.7 Å². The molecule has 0 bridgehead atoms. The van der Waals surface area contributed by atoms with Gasteiger partial charge in [0.05, 0.1) is 11.6 Å². The molecule has 1 atom stereocenters. The Morgan fingerprint density at radius 2 is 1.81 bits per heavy atom. The molecule has 2 aromatic carbocycles. The summed E-state index contributed by atoms with van der Waals surface area (Å²) in [6.45, 7) is 3.19. The predicted molar refractivity (Wildman–Crippen MR) is 120 cm³/mol. The zero-order valence-corrected chi connectivity index (χ0v) is 18.1. The fraction of sp³-hybridized carbons (Fsp3) is 0.360. The monoisotopic (exact) mass is 430 g/mol. The highest BCUT2D eigenvalue weighted by Gasteiger charge is 2.28. The number of hydrogen-bond donors (Lipinski definition) is 2. The molecule has 2 fully saturated rings. The maximum absolute atomic E-state index is 13.1. The lowest BCUT2D eigenvalue weighted by Gasteiger charge is -2.32. The highest BCUT2D eigenvalue weighted by atomic mass is 16.2. The number of anilines is 1. The van der Waals surface area contributed by atoms with E-state index in [2.05, 4.69) is 16.7 Å². The van der Waals surface area contributed by atoms with Crippen molar-refractivity contribution >= 4 is 23.4 Å². The normalized spacial score (nSPS) is 18.7. The fourth-order valence-electron chi connectivity index (χ4n) is 4.35. The van der Waals surface area contributed by atoms with Crippen LogP contribution in [0.3, 0.4) is 0 Å². The quantitative estimate of drug-likeness (QED) is 0.778. The lowest BCUT2D eigenvalue weighted by Crippen LogP contribution is -2.38. The molecular weight excluding hydrogens is 404 g/mol. The summed E-state index contributed by atoms with van der Waals surface area (Å²) in [6.07, 6.45) is 2.58. The van der Waals surface area contributed by atoms with E-state index in [9.17, 15) is 14.4 Å². The molecule has 32 heavy (non-hydrogen) atoms. The van der Waals surface area contributed by atoms with Crippen molar-refractivity contribution in [2.24, 2.45) is 0 Å². The maximum atomic E-state index is 13.1. The Labute approximate surface area is 187 Å². The highest BCUT2D eigenvalue weighted by Crippen LogP contribution is 2.29. The number of likely N-dealkylation sites (tertiary alicyclic amines) is 1. The average Bonchev–Trinajstić information content (AvgIpc) is 3.26. The van der Waals surface area contributed by atoms with E-state index in [0.29, 0.717) is 48.7 Å².